The number of aromatic nitrogens is 1. The molecule has 0 bridgehead atoms. The standard InChI is InChI=1S/C15H15NO5/c1-9(17)13(18)7-15(21,14(19)20)6-10-8-16-12-5-3-2-4-11(10)12/h2-5,8,16,21H,6-7H2,1H3,(H,19,20). The second-order valence-corrected chi connectivity index (χ2v) is 5.03. The number of aliphatic hydroxyl groups is 1. The van der Waals surface area contributed by atoms with Crippen molar-refractivity contribution < 1.29 is 24.6 Å². The van der Waals surface area contributed by atoms with E-state index in [9.17, 15) is 24.6 Å². The maximum atomic E-state index is 11.5. The van der Waals surface area contributed by atoms with Gasteiger partial charge in [0, 0.05) is 30.4 Å². The fraction of sp³-hybridized carbons (Fsp3) is 0.267. The van der Waals surface area contributed by atoms with Gasteiger partial charge in [-0.3, -0.25) is 9.59 Å². The highest BCUT2D eigenvalue weighted by Gasteiger charge is 2.39. The number of nitrogens with one attached hydrogen (secondary N) is 1. The number of para-hydroxylation sites is 1. The number of carbonyl (C=O) groups is 3. The fourth-order valence-corrected chi connectivity index (χ4v) is 2.20. The number of carbonyl (C=O) groups excluding carboxylic acids is 2. The molecular weight excluding hydrogens is 274 g/mol. The Morgan fingerprint density at radius 1 is 1.24 bits per heavy atom. The van der Waals surface area contributed by atoms with Gasteiger partial charge in [-0.2, -0.15) is 0 Å². The van der Waals surface area contributed by atoms with Crippen molar-refractivity contribution in [2.24, 2.45) is 0 Å². The van der Waals surface area contributed by atoms with Crippen LogP contribution in [0, 0.1) is 0 Å². The van der Waals surface area contributed by atoms with Crippen LogP contribution in [-0.2, 0) is 20.8 Å². The Morgan fingerprint density at radius 3 is 2.52 bits per heavy atom. The quantitative estimate of drug-likeness (QED) is 0.690. The van der Waals surface area contributed by atoms with Crippen molar-refractivity contribution in [1.82, 2.24) is 4.98 Å². The first-order valence-corrected chi connectivity index (χ1v) is 6.38. The third kappa shape index (κ3) is 3.00. The number of rotatable bonds is 6. The van der Waals surface area contributed by atoms with Crippen LogP contribution in [0.1, 0.15) is 18.9 Å². The molecule has 1 aromatic heterocycles. The average molecular weight is 289 g/mol. The Kier molecular flexibility index (Phi) is 3.90. The van der Waals surface area contributed by atoms with Gasteiger partial charge in [0.25, 0.3) is 0 Å². The van der Waals surface area contributed by atoms with Crippen molar-refractivity contribution in [3.63, 3.8) is 0 Å². The molecule has 1 unspecified atom stereocenters. The largest absolute Gasteiger partial charge is 0.479 e. The van der Waals surface area contributed by atoms with Gasteiger partial charge in [0.1, 0.15) is 0 Å². The molecule has 1 heterocycles. The van der Waals surface area contributed by atoms with E-state index in [1.165, 1.54) is 0 Å². The summed E-state index contributed by atoms with van der Waals surface area (Å²) < 4.78 is 0. The predicted molar refractivity (Wildman–Crippen MR) is 74.9 cm³/mol. The number of ketones is 2. The zero-order valence-electron chi connectivity index (χ0n) is 11.4. The highest BCUT2D eigenvalue weighted by Crippen LogP contribution is 2.25. The number of hydrogen-bond acceptors (Lipinski definition) is 4. The van der Waals surface area contributed by atoms with E-state index >= 15 is 0 Å². The van der Waals surface area contributed by atoms with E-state index in [4.69, 9.17) is 0 Å². The summed E-state index contributed by atoms with van der Waals surface area (Å²) in [6.07, 6.45) is 0.597. The van der Waals surface area contributed by atoms with Gasteiger partial charge in [-0.15, -0.1) is 0 Å². The lowest BCUT2D eigenvalue weighted by Gasteiger charge is -2.21. The van der Waals surface area contributed by atoms with E-state index in [0.717, 1.165) is 17.8 Å². The van der Waals surface area contributed by atoms with Crippen LogP contribution in [0.3, 0.4) is 0 Å². The Labute approximate surface area is 120 Å². The van der Waals surface area contributed by atoms with Crippen molar-refractivity contribution in [1.29, 1.82) is 0 Å². The van der Waals surface area contributed by atoms with E-state index in [0.29, 0.717) is 5.56 Å². The molecule has 0 aliphatic rings. The summed E-state index contributed by atoms with van der Waals surface area (Å²) in [5, 5.41) is 20.2. The molecule has 3 N–H and O–H groups in total. The number of carboxylic acids is 1. The van der Waals surface area contributed by atoms with Crippen LogP contribution in [0.4, 0.5) is 0 Å². The van der Waals surface area contributed by atoms with Gasteiger partial charge in [-0.25, -0.2) is 4.79 Å². The van der Waals surface area contributed by atoms with Gasteiger partial charge in [0.05, 0.1) is 6.42 Å². The first kappa shape index (κ1) is 14.9. The molecular formula is C15H15NO5. The van der Waals surface area contributed by atoms with Crippen molar-refractivity contribution >= 4 is 28.4 Å². The van der Waals surface area contributed by atoms with Crippen molar-refractivity contribution in [2.75, 3.05) is 0 Å². The number of aromatic amines is 1. The second kappa shape index (κ2) is 5.49. The smallest absolute Gasteiger partial charge is 0.336 e. The first-order chi connectivity index (χ1) is 9.83. The molecule has 21 heavy (non-hydrogen) atoms. The van der Waals surface area contributed by atoms with Crippen molar-refractivity contribution in [2.45, 2.75) is 25.4 Å². The Hall–Kier alpha value is -2.47. The molecule has 2 rings (SSSR count). The molecule has 110 valence electrons. The molecule has 0 radical (unpaired) electrons. The molecule has 2 aromatic rings. The van der Waals surface area contributed by atoms with Gasteiger partial charge in [0.15, 0.2) is 11.4 Å². The third-order valence-electron chi connectivity index (χ3n) is 3.40. The van der Waals surface area contributed by atoms with Crippen LogP contribution >= 0.6 is 0 Å². The number of Topliss-reactive ketones (excluding diaryl/α,β-unsaturated/α-hetero) is 2. The monoisotopic (exact) mass is 289 g/mol. The molecule has 0 aliphatic heterocycles. The lowest BCUT2D eigenvalue weighted by Crippen LogP contribution is -2.43. The lowest BCUT2D eigenvalue weighted by atomic mass is 9.88. The van der Waals surface area contributed by atoms with Crippen LogP contribution in [-0.4, -0.2) is 38.3 Å². The number of benzene rings is 1. The predicted octanol–water partition coefficient (Wildman–Crippen LogP) is 1.07. The summed E-state index contributed by atoms with van der Waals surface area (Å²) in [4.78, 5) is 36.8. The van der Waals surface area contributed by atoms with E-state index in [1.54, 1.807) is 18.3 Å². The van der Waals surface area contributed by atoms with Crippen molar-refractivity contribution in [3.05, 3.63) is 36.0 Å². The maximum Gasteiger partial charge on any atom is 0.336 e. The summed E-state index contributed by atoms with van der Waals surface area (Å²) in [6, 6.07) is 7.22. The van der Waals surface area contributed by atoms with Gasteiger partial charge in [-0.1, -0.05) is 18.2 Å². The second-order valence-electron chi connectivity index (χ2n) is 5.03. The molecule has 0 aliphatic carbocycles. The minimum Gasteiger partial charge on any atom is -0.479 e. The van der Waals surface area contributed by atoms with Crippen LogP contribution in [0.25, 0.3) is 10.9 Å². The van der Waals surface area contributed by atoms with Gasteiger partial charge in [0.2, 0.25) is 5.78 Å². The average Bonchev–Trinajstić information content (AvgIpc) is 2.81. The molecule has 0 spiro atoms. The van der Waals surface area contributed by atoms with E-state index < -0.39 is 29.6 Å². The number of aliphatic carboxylic acids is 1. The zero-order chi connectivity index (χ0) is 15.6. The van der Waals surface area contributed by atoms with Crippen LogP contribution in [0.15, 0.2) is 30.5 Å². The molecule has 6 nitrogen and oxygen atoms in total. The normalized spacial score (nSPS) is 13.8. The summed E-state index contributed by atoms with van der Waals surface area (Å²) >= 11 is 0. The molecule has 6 heteroatoms. The zero-order valence-corrected chi connectivity index (χ0v) is 11.4. The van der Waals surface area contributed by atoms with Gasteiger partial charge >= 0.3 is 5.97 Å². The van der Waals surface area contributed by atoms with Crippen molar-refractivity contribution in [3.8, 4) is 0 Å². The summed E-state index contributed by atoms with van der Waals surface area (Å²) in [6.45, 7) is 1.05. The summed E-state index contributed by atoms with van der Waals surface area (Å²) in [5.41, 5.74) is -0.918. The maximum absolute atomic E-state index is 11.5. The SMILES string of the molecule is CC(=O)C(=O)CC(O)(Cc1c[nH]c2ccccc12)C(=O)O. The van der Waals surface area contributed by atoms with Gasteiger partial charge in [-0.05, 0) is 11.6 Å². The van der Waals surface area contributed by atoms with E-state index in [-0.39, 0.29) is 6.42 Å². The number of H-pyrrole nitrogens is 1. The first-order valence-electron chi connectivity index (χ1n) is 6.38. The topological polar surface area (TPSA) is 107 Å². The third-order valence-corrected chi connectivity index (χ3v) is 3.40. The highest BCUT2D eigenvalue weighted by molar-refractivity contribution is 6.36. The summed E-state index contributed by atoms with van der Waals surface area (Å²) in [7, 11) is 0. The molecule has 0 fully saturated rings. The number of fused-ring (bicyclic) bond motifs is 1. The van der Waals surface area contributed by atoms with Crippen LogP contribution in [0.2, 0.25) is 0 Å². The highest BCUT2D eigenvalue weighted by atomic mass is 16.4. The molecule has 0 saturated heterocycles. The molecule has 0 amide bonds. The van der Waals surface area contributed by atoms with Gasteiger partial charge < -0.3 is 15.2 Å². The minimum absolute atomic E-state index is 0.259. The molecule has 1 aromatic carbocycles. The van der Waals surface area contributed by atoms with E-state index in [2.05, 4.69) is 4.98 Å². The Morgan fingerprint density at radius 2 is 1.90 bits per heavy atom. The minimum atomic E-state index is -2.30. The lowest BCUT2D eigenvalue weighted by molar-refractivity contribution is -0.161. The Bertz CT molecular complexity index is 718. The van der Waals surface area contributed by atoms with E-state index in [1.807, 2.05) is 12.1 Å². The number of carboxylic acid groups (broad SMARTS) is 1. The molecule has 0 saturated carbocycles. The number of hydrogen-bond donors (Lipinski definition) is 3. The fourth-order valence-electron chi connectivity index (χ4n) is 2.20. The Balaban J connectivity index is 2.34. The summed E-state index contributed by atoms with van der Waals surface area (Å²) in [5.74, 6) is -3.20. The molecule has 1 atom stereocenters. The van der Waals surface area contributed by atoms with Crippen LogP contribution in [0.5, 0.6) is 0 Å². The van der Waals surface area contributed by atoms with Crippen LogP contribution < -0.4 is 0 Å².